The van der Waals surface area contributed by atoms with E-state index in [0.717, 1.165) is 28.0 Å². The summed E-state index contributed by atoms with van der Waals surface area (Å²) in [6, 6.07) is 21.5. The third-order valence-corrected chi connectivity index (χ3v) is 4.95. The van der Waals surface area contributed by atoms with Gasteiger partial charge < -0.3 is 9.88 Å². The zero-order valence-electron chi connectivity index (χ0n) is 16.4. The topological polar surface area (TPSA) is 46.9 Å². The first-order valence-electron chi connectivity index (χ1n) is 9.58. The smallest absolute Gasteiger partial charge is 0.251 e. The number of rotatable bonds is 5. The Morgan fingerprint density at radius 2 is 1.83 bits per heavy atom. The van der Waals surface area contributed by atoms with Gasteiger partial charge in [-0.25, -0.2) is 9.37 Å². The molecule has 1 heterocycles. The second-order valence-electron chi connectivity index (χ2n) is 7.24. The van der Waals surface area contributed by atoms with Crippen molar-refractivity contribution in [1.82, 2.24) is 14.9 Å². The Bertz CT molecular complexity index is 1160. The van der Waals surface area contributed by atoms with Crippen LogP contribution < -0.4 is 5.32 Å². The van der Waals surface area contributed by atoms with Crippen LogP contribution in [0.4, 0.5) is 4.39 Å². The minimum Gasteiger partial charge on any atom is -0.342 e. The van der Waals surface area contributed by atoms with E-state index >= 15 is 0 Å². The Labute approximate surface area is 169 Å². The summed E-state index contributed by atoms with van der Waals surface area (Å²) >= 11 is 0. The molecule has 0 aliphatic carbocycles. The average Bonchev–Trinajstić information content (AvgIpc) is 3.08. The summed E-state index contributed by atoms with van der Waals surface area (Å²) in [6.45, 7) is 4.43. The van der Waals surface area contributed by atoms with Crippen molar-refractivity contribution in [1.29, 1.82) is 0 Å². The lowest BCUT2D eigenvalue weighted by atomic mass is 10.1. The van der Waals surface area contributed by atoms with Crippen molar-refractivity contribution in [2.75, 3.05) is 0 Å². The third kappa shape index (κ3) is 4.04. The molecule has 0 fully saturated rings. The van der Waals surface area contributed by atoms with Crippen LogP contribution in [0.5, 0.6) is 0 Å². The Balaban J connectivity index is 1.67. The van der Waals surface area contributed by atoms with Gasteiger partial charge in [0.2, 0.25) is 0 Å². The first kappa shape index (κ1) is 18.9. The molecule has 0 saturated heterocycles. The maximum Gasteiger partial charge on any atom is 0.251 e. The zero-order valence-corrected chi connectivity index (χ0v) is 16.4. The molecule has 0 saturated carbocycles. The van der Waals surface area contributed by atoms with Gasteiger partial charge in [0.1, 0.15) is 11.6 Å². The Morgan fingerprint density at radius 1 is 1.07 bits per heavy atom. The molecule has 0 aliphatic rings. The Kier molecular flexibility index (Phi) is 5.12. The van der Waals surface area contributed by atoms with Crippen molar-refractivity contribution in [3.8, 4) is 0 Å². The number of nitrogens with zero attached hydrogens (tertiary/aromatic N) is 2. The van der Waals surface area contributed by atoms with Crippen molar-refractivity contribution in [3.05, 3.63) is 101 Å². The highest BCUT2D eigenvalue weighted by Gasteiger charge is 2.19. The fourth-order valence-electron chi connectivity index (χ4n) is 3.49. The third-order valence-electron chi connectivity index (χ3n) is 4.95. The highest BCUT2D eigenvalue weighted by atomic mass is 19.1. The minimum atomic E-state index is -0.295. The summed E-state index contributed by atoms with van der Waals surface area (Å²) in [5.74, 6) is 0.362. The van der Waals surface area contributed by atoms with Gasteiger partial charge in [-0.15, -0.1) is 0 Å². The fourth-order valence-corrected chi connectivity index (χ4v) is 3.49. The first-order chi connectivity index (χ1) is 14.0. The molecule has 3 aromatic carbocycles. The van der Waals surface area contributed by atoms with Gasteiger partial charge in [-0.3, -0.25) is 4.79 Å². The molecule has 4 rings (SSSR count). The molecule has 5 heteroatoms. The van der Waals surface area contributed by atoms with Gasteiger partial charge in [0.05, 0.1) is 17.1 Å². The van der Waals surface area contributed by atoms with Gasteiger partial charge in [0.15, 0.2) is 0 Å². The Hall–Kier alpha value is -3.47. The molecular formula is C24H22FN3O. The van der Waals surface area contributed by atoms with E-state index in [2.05, 4.69) is 9.88 Å². The zero-order chi connectivity index (χ0) is 20.4. The van der Waals surface area contributed by atoms with Crippen LogP contribution in [0.3, 0.4) is 0 Å². The molecule has 1 unspecified atom stereocenters. The lowest BCUT2D eigenvalue weighted by Gasteiger charge is -2.17. The van der Waals surface area contributed by atoms with Crippen LogP contribution in [0.1, 0.15) is 40.3 Å². The van der Waals surface area contributed by atoms with Crippen LogP contribution in [0.2, 0.25) is 0 Å². The SMILES string of the molecule is Cc1cccc(C(=O)NC(C)c2nc3ccccc3n2Cc2ccc(F)cc2)c1. The summed E-state index contributed by atoms with van der Waals surface area (Å²) in [5.41, 5.74) is 4.46. The molecule has 146 valence electrons. The quantitative estimate of drug-likeness (QED) is 0.522. The molecule has 1 N–H and O–H groups in total. The highest BCUT2D eigenvalue weighted by Crippen LogP contribution is 2.23. The number of carbonyl (C=O) groups is 1. The van der Waals surface area contributed by atoms with Crippen molar-refractivity contribution in [2.45, 2.75) is 26.4 Å². The Morgan fingerprint density at radius 3 is 2.59 bits per heavy atom. The lowest BCUT2D eigenvalue weighted by Crippen LogP contribution is -2.28. The number of hydrogen-bond donors (Lipinski definition) is 1. The van der Waals surface area contributed by atoms with Gasteiger partial charge in [-0.05, 0) is 55.8 Å². The van der Waals surface area contributed by atoms with Crippen LogP contribution in [0.15, 0.2) is 72.8 Å². The van der Waals surface area contributed by atoms with Crippen molar-refractivity contribution in [2.24, 2.45) is 0 Å². The van der Waals surface area contributed by atoms with Crippen molar-refractivity contribution < 1.29 is 9.18 Å². The van der Waals surface area contributed by atoms with E-state index in [1.807, 2.05) is 56.3 Å². The second kappa shape index (κ2) is 7.87. The first-order valence-corrected chi connectivity index (χ1v) is 9.58. The van der Waals surface area contributed by atoms with Crippen LogP contribution in [-0.2, 0) is 6.54 Å². The number of aryl methyl sites for hydroxylation is 1. The highest BCUT2D eigenvalue weighted by molar-refractivity contribution is 5.94. The minimum absolute atomic E-state index is 0.137. The standard InChI is InChI=1S/C24H22FN3O/c1-16-6-5-7-19(14-16)24(29)26-17(2)23-27-21-8-3-4-9-22(21)28(23)15-18-10-12-20(25)13-11-18/h3-14,17H,15H2,1-2H3,(H,26,29). The van der Waals surface area contributed by atoms with E-state index in [9.17, 15) is 9.18 Å². The number of nitrogens with one attached hydrogen (secondary N) is 1. The number of amides is 1. The molecular weight excluding hydrogens is 365 g/mol. The number of benzene rings is 3. The maximum atomic E-state index is 13.3. The molecule has 0 aliphatic heterocycles. The van der Waals surface area contributed by atoms with E-state index in [4.69, 9.17) is 4.98 Å². The van der Waals surface area contributed by atoms with Crippen LogP contribution in [0.25, 0.3) is 11.0 Å². The number of hydrogen-bond acceptors (Lipinski definition) is 2. The van der Waals surface area contributed by atoms with E-state index in [1.165, 1.54) is 12.1 Å². The van der Waals surface area contributed by atoms with Crippen LogP contribution in [-0.4, -0.2) is 15.5 Å². The second-order valence-corrected chi connectivity index (χ2v) is 7.24. The number of para-hydroxylation sites is 2. The normalized spacial score (nSPS) is 12.1. The number of fused-ring (bicyclic) bond motifs is 1. The van der Waals surface area contributed by atoms with Crippen molar-refractivity contribution >= 4 is 16.9 Å². The number of carbonyl (C=O) groups excluding carboxylic acids is 1. The molecule has 1 aromatic heterocycles. The summed E-state index contributed by atoms with van der Waals surface area (Å²) in [6.07, 6.45) is 0. The number of halogens is 1. The van der Waals surface area contributed by atoms with E-state index in [-0.39, 0.29) is 17.8 Å². The van der Waals surface area contributed by atoms with Crippen LogP contribution >= 0.6 is 0 Å². The van der Waals surface area contributed by atoms with Crippen molar-refractivity contribution in [3.63, 3.8) is 0 Å². The summed E-state index contributed by atoms with van der Waals surface area (Å²) in [7, 11) is 0. The van der Waals surface area contributed by atoms with E-state index in [1.54, 1.807) is 18.2 Å². The molecule has 29 heavy (non-hydrogen) atoms. The molecule has 4 nitrogen and oxygen atoms in total. The van der Waals surface area contributed by atoms with Gasteiger partial charge in [0, 0.05) is 12.1 Å². The molecule has 1 atom stereocenters. The van der Waals surface area contributed by atoms with Gasteiger partial charge in [-0.1, -0.05) is 42.0 Å². The molecule has 0 bridgehead atoms. The molecule has 0 spiro atoms. The predicted octanol–water partition coefficient (Wildman–Crippen LogP) is 5.02. The fraction of sp³-hybridized carbons (Fsp3) is 0.167. The molecule has 4 aromatic rings. The molecule has 0 radical (unpaired) electrons. The largest absolute Gasteiger partial charge is 0.342 e. The predicted molar refractivity (Wildman–Crippen MR) is 112 cm³/mol. The van der Waals surface area contributed by atoms with E-state index in [0.29, 0.717) is 12.1 Å². The van der Waals surface area contributed by atoms with Gasteiger partial charge >= 0.3 is 0 Å². The number of imidazole rings is 1. The average molecular weight is 387 g/mol. The van der Waals surface area contributed by atoms with Gasteiger partial charge in [0.25, 0.3) is 5.91 Å². The maximum absolute atomic E-state index is 13.3. The summed E-state index contributed by atoms with van der Waals surface area (Å²) in [5, 5.41) is 3.05. The lowest BCUT2D eigenvalue weighted by molar-refractivity contribution is 0.0937. The summed E-state index contributed by atoms with van der Waals surface area (Å²) in [4.78, 5) is 17.5. The van der Waals surface area contributed by atoms with Crippen LogP contribution in [0, 0.1) is 12.7 Å². The monoisotopic (exact) mass is 387 g/mol. The van der Waals surface area contributed by atoms with Gasteiger partial charge in [-0.2, -0.15) is 0 Å². The number of aromatic nitrogens is 2. The van der Waals surface area contributed by atoms with E-state index < -0.39 is 0 Å². The molecule has 1 amide bonds. The summed E-state index contributed by atoms with van der Waals surface area (Å²) < 4.78 is 15.4.